The maximum absolute atomic E-state index is 13.0. The number of carbonyl (C=O) groups is 4. The lowest BCUT2D eigenvalue weighted by Crippen LogP contribution is -2.30. The van der Waals surface area contributed by atoms with Crippen LogP contribution in [-0.4, -0.2) is 96.7 Å². The fourth-order valence-electron chi connectivity index (χ4n) is 10.1. The van der Waals surface area contributed by atoms with E-state index in [-0.39, 0.29) is 25.7 Å². The summed E-state index contributed by atoms with van der Waals surface area (Å²) in [5.74, 6) is 0.749. The van der Waals surface area contributed by atoms with E-state index >= 15 is 0 Å². The number of aliphatic hydroxyl groups excluding tert-OH is 1. The lowest BCUT2D eigenvalue weighted by atomic mass is 10.00. The number of hydrogen-bond donors (Lipinski definition) is 3. The van der Waals surface area contributed by atoms with Gasteiger partial charge >= 0.3 is 39.5 Å². The number of esters is 4. The largest absolute Gasteiger partial charge is 0.472 e. The summed E-state index contributed by atoms with van der Waals surface area (Å²) < 4.78 is 68.1. The molecule has 0 aromatic carbocycles. The molecule has 0 rings (SSSR count). The molecular weight excluding hydrogens is 1150 g/mol. The predicted octanol–water partition coefficient (Wildman–Crippen LogP) is 18.9. The highest BCUT2D eigenvalue weighted by Gasteiger charge is 2.30. The van der Waals surface area contributed by atoms with Gasteiger partial charge in [-0.2, -0.15) is 0 Å². The number of rotatable bonds is 65. The Bertz CT molecular complexity index is 1730. The zero-order valence-electron chi connectivity index (χ0n) is 56.6. The summed E-state index contributed by atoms with van der Waals surface area (Å²) in [5.41, 5.74) is 0. The molecule has 0 aromatic rings. The quantitative estimate of drug-likeness (QED) is 0.0222. The third-order valence-corrected chi connectivity index (χ3v) is 17.8. The van der Waals surface area contributed by atoms with Crippen molar-refractivity contribution < 1.29 is 80.2 Å². The van der Waals surface area contributed by atoms with Crippen molar-refractivity contribution in [3.05, 3.63) is 0 Å². The normalized spacial score (nSPS) is 14.6. The Balaban J connectivity index is 5.17. The Morgan fingerprint density at radius 3 is 0.816 bits per heavy atom. The van der Waals surface area contributed by atoms with Crippen molar-refractivity contribution in [1.29, 1.82) is 0 Å². The Morgan fingerprint density at radius 1 is 0.322 bits per heavy atom. The van der Waals surface area contributed by atoms with Gasteiger partial charge in [0.2, 0.25) is 0 Å². The van der Waals surface area contributed by atoms with E-state index in [0.29, 0.717) is 37.5 Å². The van der Waals surface area contributed by atoms with Crippen LogP contribution in [0.3, 0.4) is 0 Å². The molecule has 0 aliphatic carbocycles. The first kappa shape index (κ1) is 85.1. The van der Waals surface area contributed by atoms with Crippen molar-refractivity contribution >= 4 is 39.5 Å². The van der Waals surface area contributed by atoms with E-state index in [1.54, 1.807) is 0 Å². The van der Waals surface area contributed by atoms with Crippen LogP contribution in [0.5, 0.6) is 0 Å². The van der Waals surface area contributed by atoms with Gasteiger partial charge in [-0.3, -0.25) is 37.3 Å². The topological polar surface area (TPSA) is 237 Å². The van der Waals surface area contributed by atoms with Crippen molar-refractivity contribution in [1.82, 2.24) is 0 Å². The maximum Gasteiger partial charge on any atom is 0.472 e. The van der Waals surface area contributed by atoms with E-state index in [1.165, 1.54) is 122 Å². The third-order valence-electron chi connectivity index (χ3n) is 15.9. The predicted molar refractivity (Wildman–Crippen MR) is 349 cm³/mol. The first-order valence-electron chi connectivity index (χ1n) is 35.2. The zero-order chi connectivity index (χ0) is 64.7. The average Bonchev–Trinajstić information content (AvgIpc) is 3.51. The van der Waals surface area contributed by atoms with E-state index in [4.69, 9.17) is 37.0 Å². The van der Waals surface area contributed by atoms with E-state index in [1.807, 2.05) is 0 Å². The fraction of sp³-hybridized carbons (Fsp3) is 0.941. The van der Waals surface area contributed by atoms with E-state index < -0.39 is 97.5 Å². The summed E-state index contributed by atoms with van der Waals surface area (Å²) in [6.07, 6.45) is 39.4. The molecule has 3 N–H and O–H groups in total. The first-order valence-corrected chi connectivity index (χ1v) is 38.2. The lowest BCUT2D eigenvalue weighted by molar-refractivity contribution is -0.161. The van der Waals surface area contributed by atoms with E-state index in [2.05, 4.69) is 55.4 Å². The molecule has 0 fully saturated rings. The molecule has 0 spiro atoms. The number of phosphoric ester groups is 2. The Kier molecular flexibility index (Phi) is 56.6. The van der Waals surface area contributed by atoms with Crippen LogP contribution in [-0.2, 0) is 65.4 Å². The fourth-order valence-corrected chi connectivity index (χ4v) is 11.7. The maximum atomic E-state index is 13.0. The van der Waals surface area contributed by atoms with Crippen molar-refractivity contribution in [2.75, 3.05) is 39.6 Å². The molecule has 87 heavy (non-hydrogen) atoms. The van der Waals surface area contributed by atoms with Gasteiger partial charge in [0, 0.05) is 25.7 Å². The number of carbonyl (C=O) groups excluding carboxylic acids is 4. The second kappa shape index (κ2) is 57.9. The second-order valence-corrected chi connectivity index (χ2v) is 29.1. The molecular formula is C68H132O17P2. The van der Waals surface area contributed by atoms with Crippen LogP contribution < -0.4 is 0 Å². The van der Waals surface area contributed by atoms with Crippen LogP contribution in [0, 0.1) is 23.7 Å². The summed E-state index contributed by atoms with van der Waals surface area (Å²) in [4.78, 5) is 72.3. The Labute approximate surface area is 530 Å². The molecule has 17 nitrogen and oxygen atoms in total. The third kappa shape index (κ3) is 61.3. The average molecular weight is 1280 g/mol. The van der Waals surface area contributed by atoms with Crippen LogP contribution in [0.15, 0.2) is 0 Å². The molecule has 0 aliphatic heterocycles. The summed E-state index contributed by atoms with van der Waals surface area (Å²) in [5, 5.41) is 10.6. The summed E-state index contributed by atoms with van der Waals surface area (Å²) in [6, 6.07) is 0. The van der Waals surface area contributed by atoms with Crippen LogP contribution >= 0.6 is 15.6 Å². The molecule has 3 unspecified atom stereocenters. The molecule has 19 heteroatoms. The highest BCUT2D eigenvalue weighted by Crippen LogP contribution is 2.45. The van der Waals surface area contributed by atoms with Gasteiger partial charge in [0.25, 0.3) is 0 Å². The van der Waals surface area contributed by atoms with E-state index in [0.717, 1.165) is 115 Å². The Hall–Kier alpha value is -1.94. The number of phosphoric acid groups is 2. The molecule has 0 saturated heterocycles. The zero-order valence-corrected chi connectivity index (χ0v) is 58.4. The van der Waals surface area contributed by atoms with Crippen molar-refractivity contribution in [2.45, 2.75) is 350 Å². The van der Waals surface area contributed by atoms with Crippen LogP contribution in [0.1, 0.15) is 331 Å². The van der Waals surface area contributed by atoms with Crippen LogP contribution in [0.25, 0.3) is 0 Å². The van der Waals surface area contributed by atoms with Gasteiger partial charge in [-0.25, -0.2) is 9.13 Å². The first-order chi connectivity index (χ1) is 41.6. The molecule has 0 radical (unpaired) electrons. The minimum atomic E-state index is -4.95. The SMILES string of the molecule is CCC(C)CCCCCCCCC(=O)OC[C@H](COP(=O)(O)OC[C@H](O)COP(=O)(O)OC[C@@H](COC(=O)CCCCCCCCC(C)C)OC(=O)CCCCCCCCCCCCCCCCCCC(C)C)OC(=O)CCCCCCCCC(C)C. The molecule has 0 heterocycles. The number of aliphatic hydroxyl groups is 1. The van der Waals surface area contributed by atoms with Crippen LogP contribution in [0.4, 0.5) is 0 Å². The van der Waals surface area contributed by atoms with Gasteiger partial charge in [0.15, 0.2) is 12.2 Å². The van der Waals surface area contributed by atoms with Crippen molar-refractivity contribution in [3.63, 3.8) is 0 Å². The molecule has 516 valence electrons. The van der Waals surface area contributed by atoms with Crippen molar-refractivity contribution in [3.8, 4) is 0 Å². The molecule has 0 aliphatic rings. The Morgan fingerprint density at radius 2 is 0.552 bits per heavy atom. The van der Waals surface area contributed by atoms with Gasteiger partial charge in [-0.1, -0.05) is 280 Å². The number of ether oxygens (including phenoxy) is 4. The molecule has 0 saturated carbocycles. The molecule has 0 amide bonds. The summed E-state index contributed by atoms with van der Waals surface area (Å²) in [6.45, 7) is 13.9. The standard InChI is InChI=1S/C68H132O17P2/c1-9-61(8)47-39-31-24-27-33-41-49-66(71)79-55-64(85-68(73)51-43-35-26-23-30-38-46-60(6)7)57-83-87(76,77)81-53-62(69)52-80-86(74,75)82-56-63(54-78-65(70)48-40-32-25-22-29-37-45-59(4)5)84-67(72)50-42-34-21-19-17-15-13-11-10-12-14-16-18-20-28-36-44-58(2)3/h58-64,69H,9-57H2,1-8H3,(H,74,75)(H,76,77)/t61?,62-,63-,64-/m1/s1. The van der Waals surface area contributed by atoms with Gasteiger partial charge in [0.1, 0.15) is 19.3 Å². The second-order valence-electron chi connectivity index (χ2n) is 26.2. The monoisotopic (exact) mass is 1280 g/mol. The van der Waals surface area contributed by atoms with Gasteiger partial charge in [0.05, 0.1) is 26.4 Å². The smallest absolute Gasteiger partial charge is 0.462 e. The van der Waals surface area contributed by atoms with Crippen molar-refractivity contribution in [2.24, 2.45) is 23.7 Å². The van der Waals surface area contributed by atoms with E-state index in [9.17, 15) is 43.2 Å². The molecule has 6 atom stereocenters. The van der Waals surface area contributed by atoms with Gasteiger partial charge in [-0.15, -0.1) is 0 Å². The van der Waals surface area contributed by atoms with Crippen LogP contribution in [0.2, 0.25) is 0 Å². The minimum absolute atomic E-state index is 0.101. The van der Waals surface area contributed by atoms with Gasteiger partial charge < -0.3 is 33.8 Å². The highest BCUT2D eigenvalue weighted by atomic mass is 31.2. The number of hydrogen-bond acceptors (Lipinski definition) is 15. The van der Waals surface area contributed by atoms with Gasteiger partial charge in [-0.05, 0) is 49.4 Å². The molecule has 0 bridgehead atoms. The highest BCUT2D eigenvalue weighted by molar-refractivity contribution is 7.47. The summed E-state index contributed by atoms with van der Waals surface area (Å²) in [7, 11) is -9.89. The number of unbranched alkanes of at least 4 members (excludes halogenated alkanes) is 30. The lowest BCUT2D eigenvalue weighted by Gasteiger charge is -2.21. The molecule has 0 aromatic heterocycles. The minimum Gasteiger partial charge on any atom is -0.462 e. The summed E-state index contributed by atoms with van der Waals surface area (Å²) >= 11 is 0.